The third-order valence-electron chi connectivity index (χ3n) is 4.21. The Bertz CT molecular complexity index is 856. The Kier molecular flexibility index (Phi) is 4.69. The first kappa shape index (κ1) is 16.7. The van der Waals surface area contributed by atoms with Crippen LogP contribution in [0.3, 0.4) is 0 Å². The highest BCUT2D eigenvalue weighted by atomic mass is 32.2. The first-order valence-corrected chi connectivity index (χ1v) is 9.44. The molecular formula is C17H17FN2O3S. The number of nitrogens with zero attached hydrogens (tertiary/aromatic N) is 2. The van der Waals surface area contributed by atoms with Gasteiger partial charge in [0.05, 0.1) is 35.9 Å². The molecule has 1 aliphatic rings. The van der Waals surface area contributed by atoms with Crippen LogP contribution in [0.25, 0.3) is 0 Å². The molecule has 126 valence electrons. The van der Waals surface area contributed by atoms with E-state index in [1.807, 2.05) is 11.0 Å². The van der Waals surface area contributed by atoms with Crippen LogP contribution >= 0.6 is 0 Å². The number of furan rings is 1. The molecular weight excluding hydrogens is 331 g/mol. The summed E-state index contributed by atoms with van der Waals surface area (Å²) in [5, 5.41) is 8.99. The van der Waals surface area contributed by atoms with Gasteiger partial charge in [0.2, 0.25) is 0 Å². The van der Waals surface area contributed by atoms with Crippen molar-refractivity contribution in [2.24, 2.45) is 0 Å². The Balaban J connectivity index is 1.86. The van der Waals surface area contributed by atoms with Gasteiger partial charge in [-0.25, -0.2) is 12.8 Å². The summed E-state index contributed by atoms with van der Waals surface area (Å²) in [7, 11) is -3.05. The van der Waals surface area contributed by atoms with E-state index in [2.05, 4.69) is 0 Å². The molecule has 1 saturated heterocycles. The molecule has 2 aromatic rings. The van der Waals surface area contributed by atoms with Crippen LogP contribution in [-0.4, -0.2) is 30.9 Å². The van der Waals surface area contributed by atoms with Gasteiger partial charge in [-0.2, -0.15) is 5.26 Å². The van der Waals surface area contributed by atoms with Crippen LogP contribution in [0.5, 0.6) is 0 Å². The van der Waals surface area contributed by atoms with Crippen molar-refractivity contribution in [3.63, 3.8) is 0 Å². The molecule has 0 spiro atoms. The van der Waals surface area contributed by atoms with Gasteiger partial charge in [-0.05, 0) is 36.8 Å². The zero-order valence-corrected chi connectivity index (χ0v) is 13.8. The third-order valence-corrected chi connectivity index (χ3v) is 5.96. The van der Waals surface area contributed by atoms with E-state index in [1.165, 1.54) is 18.2 Å². The van der Waals surface area contributed by atoms with Crippen molar-refractivity contribution in [2.45, 2.75) is 25.6 Å². The topological polar surface area (TPSA) is 74.3 Å². The molecule has 1 aromatic carbocycles. The number of hydrogen-bond acceptors (Lipinski definition) is 5. The molecule has 1 atom stereocenters. The fourth-order valence-corrected chi connectivity index (χ4v) is 4.73. The standard InChI is InChI=1S/C17H17FN2O3S/c18-17-4-3-13(9-19)8-14(17)10-20(11-16-2-1-6-23-16)15-5-7-24(21,22)12-15/h1-4,6,8,15H,5,7,10-12H2. The van der Waals surface area contributed by atoms with Crippen molar-refractivity contribution in [1.82, 2.24) is 4.90 Å². The molecule has 0 saturated carbocycles. The Labute approximate surface area is 140 Å². The third kappa shape index (κ3) is 3.83. The Morgan fingerprint density at radius 3 is 2.79 bits per heavy atom. The van der Waals surface area contributed by atoms with Crippen LogP contribution in [0.15, 0.2) is 41.0 Å². The molecule has 3 rings (SSSR count). The van der Waals surface area contributed by atoms with Crippen molar-refractivity contribution in [3.8, 4) is 6.07 Å². The SMILES string of the molecule is N#Cc1ccc(F)c(CN(Cc2ccco2)C2CCS(=O)(=O)C2)c1. The highest BCUT2D eigenvalue weighted by molar-refractivity contribution is 7.91. The fraction of sp³-hybridized carbons (Fsp3) is 0.353. The zero-order chi connectivity index (χ0) is 17.2. The minimum Gasteiger partial charge on any atom is -0.468 e. The lowest BCUT2D eigenvalue weighted by atomic mass is 10.1. The van der Waals surface area contributed by atoms with Gasteiger partial charge in [0.15, 0.2) is 9.84 Å². The summed E-state index contributed by atoms with van der Waals surface area (Å²) in [4.78, 5) is 1.91. The minimum absolute atomic E-state index is 0.0628. The Morgan fingerprint density at radius 1 is 1.33 bits per heavy atom. The summed E-state index contributed by atoms with van der Waals surface area (Å²) in [6.07, 6.45) is 2.07. The zero-order valence-electron chi connectivity index (χ0n) is 13.0. The smallest absolute Gasteiger partial charge is 0.151 e. The lowest BCUT2D eigenvalue weighted by molar-refractivity contribution is 0.177. The molecule has 0 radical (unpaired) electrons. The maximum Gasteiger partial charge on any atom is 0.151 e. The average Bonchev–Trinajstić information content (AvgIpc) is 3.18. The van der Waals surface area contributed by atoms with Crippen molar-refractivity contribution >= 4 is 9.84 Å². The molecule has 2 heterocycles. The molecule has 0 bridgehead atoms. The molecule has 1 fully saturated rings. The van der Waals surface area contributed by atoms with E-state index in [0.717, 1.165) is 0 Å². The normalized spacial score (nSPS) is 19.5. The number of rotatable bonds is 5. The van der Waals surface area contributed by atoms with Crippen molar-refractivity contribution in [1.29, 1.82) is 5.26 Å². The number of nitriles is 1. The summed E-state index contributed by atoms with van der Waals surface area (Å²) in [5.74, 6) is 0.496. The molecule has 1 unspecified atom stereocenters. The first-order valence-electron chi connectivity index (χ1n) is 7.62. The molecule has 0 N–H and O–H groups in total. The van der Waals surface area contributed by atoms with E-state index in [9.17, 15) is 12.8 Å². The fourth-order valence-electron chi connectivity index (χ4n) is 2.96. The van der Waals surface area contributed by atoms with Crippen LogP contribution in [-0.2, 0) is 22.9 Å². The van der Waals surface area contributed by atoms with Gasteiger partial charge in [-0.1, -0.05) is 0 Å². The van der Waals surface area contributed by atoms with E-state index in [4.69, 9.17) is 9.68 Å². The van der Waals surface area contributed by atoms with Crippen LogP contribution in [0, 0.1) is 17.1 Å². The van der Waals surface area contributed by atoms with Gasteiger partial charge in [0.1, 0.15) is 11.6 Å². The minimum atomic E-state index is -3.05. The maximum absolute atomic E-state index is 14.1. The van der Waals surface area contributed by atoms with Crippen LogP contribution in [0.2, 0.25) is 0 Å². The maximum atomic E-state index is 14.1. The van der Waals surface area contributed by atoms with E-state index in [0.29, 0.717) is 29.9 Å². The van der Waals surface area contributed by atoms with Crippen LogP contribution in [0.4, 0.5) is 4.39 Å². The van der Waals surface area contributed by atoms with E-state index < -0.39 is 15.7 Å². The van der Waals surface area contributed by atoms with Gasteiger partial charge in [-0.15, -0.1) is 0 Å². The average molecular weight is 348 g/mol. The summed E-state index contributed by atoms with van der Waals surface area (Å²) in [6, 6.07) is 9.57. The van der Waals surface area contributed by atoms with E-state index >= 15 is 0 Å². The van der Waals surface area contributed by atoms with Gasteiger partial charge in [0, 0.05) is 18.2 Å². The molecule has 5 nitrogen and oxygen atoms in total. The van der Waals surface area contributed by atoms with Gasteiger partial charge >= 0.3 is 0 Å². The molecule has 0 amide bonds. The lowest BCUT2D eigenvalue weighted by Crippen LogP contribution is -2.35. The quantitative estimate of drug-likeness (QED) is 0.830. The summed E-state index contributed by atoms with van der Waals surface area (Å²) in [5.41, 5.74) is 0.758. The molecule has 0 aliphatic carbocycles. The lowest BCUT2D eigenvalue weighted by Gasteiger charge is -2.27. The van der Waals surface area contributed by atoms with E-state index in [-0.39, 0.29) is 24.1 Å². The molecule has 7 heteroatoms. The summed E-state index contributed by atoms with van der Waals surface area (Å²) < 4.78 is 43.1. The van der Waals surface area contributed by atoms with Crippen molar-refractivity contribution in [2.75, 3.05) is 11.5 Å². The summed E-state index contributed by atoms with van der Waals surface area (Å²) >= 11 is 0. The molecule has 24 heavy (non-hydrogen) atoms. The predicted molar refractivity (Wildman–Crippen MR) is 86.1 cm³/mol. The number of halogens is 1. The van der Waals surface area contributed by atoms with Gasteiger partial charge in [-0.3, -0.25) is 4.90 Å². The second-order valence-corrected chi connectivity index (χ2v) is 8.19. The largest absolute Gasteiger partial charge is 0.468 e. The number of sulfone groups is 1. The molecule has 1 aliphatic heterocycles. The first-order chi connectivity index (χ1) is 11.5. The van der Waals surface area contributed by atoms with Crippen molar-refractivity contribution in [3.05, 3.63) is 59.3 Å². The van der Waals surface area contributed by atoms with Crippen molar-refractivity contribution < 1.29 is 17.2 Å². The number of hydrogen-bond donors (Lipinski definition) is 0. The van der Waals surface area contributed by atoms with Gasteiger partial charge < -0.3 is 4.42 Å². The second kappa shape index (κ2) is 6.75. The Hall–Kier alpha value is -2.17. The van der Waals surface area contributed by atoms with Gasteiger partial charge in [0.25, 0.3) is 0 Å². The number of benzene rings is 1. The molecule has 1 aromatic heterocycles. The monoisotopic (exact) mass is 348 g/mol. The van der Waals surface area contributed by atoms with Crippen LogP contribution in [0.1, 0.15) is 23.3 Å². The predicted octanol–water partition coefficient (Wildman–Crippen LogP) is 2.48. The second-order valence-electron chi connectivity index (χ2n) is 5.96. The summed E-state index contributed by atoms with van der Waals surface area (Å²) in [6.45, 7) is 0.617. The van der Waals surface area contributed by atoms with Crippen LogP contribution < -0.4 is 0 Å². The van der Waals surface area contributed by atoms with E-state index in [1.54, 1.807) is 18.4 Å². The highest BCUT2D eigenvalue weighted by Gasteiger charge is 2.33. The highest BCUT2D eigenvalue weighted by Crippen LogP contribution is 2.23. The Morgan fingerprint density at radius 2 is 2.17 bits per heavy atom.